The lowest BCUT2D eigenvalue weighted by molar-refractivity contribution is -0.385. The first-order chi connectivity index (χ1) is 13.2. The molecule has 1 heterocycles. The van der Waals surface area contributed by atoms with Crippen LogP contribution in [0.4, 0.5) is 5.69 Å². The fourth-order valence-electron chi connectivity index (χ4n) is 2.78. The number of hydrogen-bond donors (Lipinski definition) is 0. The van der Waals surface area contributed by atoms with Crippen LogP contribution < -0.4 is 0 Å². The SMILES string of the molecule is Cc1ccc(S(=O)(=O)N(C)[C@@H](C)c2ccc(-n3cncn3)cc2)cc1[N+](=O)[O-]. The van der Waals surface area contributed by atoms with Crippen LogP contribution in [0, 0.1) is 17.0 Å². The van der Waals surface area contributed by atoms with Gasteiger partial charge in [-0.05, 0) is 37.6 Å². The van der Waals surface area contributed by atoms with Gasteiger partial charge in [0.1, 0.15) is 12.7 Å². The van der Waals surface area contributed by atoms with E-state index >= 15 is 0 Å². The zero-order valence-corrected chi connectivity index (χ0v) is 16.4. The van der Waals surface area contributed by atoms with Crippen LogP contribution in [0.1, 0.15) is 24.1 Å². The molecule has 2 aromatic carbocycles. The molecule has 146 valence electrons. The summed E-state index contributed by atoms with van der Waals surface area (Å²) in [4.78, 5) is 14.3. The van der Waals surface area contributed by atoms with Crippen molar-refractivity contribution in [2.24, 2.45) is 0 Å². The van der Waals surface area contributed by atoms with Crippen molar-refractivity contribution in [3.63, 3.8) is 0 Å². The highest BCUT2D eigenvalue weighted by molar-refractivity contribution is 7.89. The highest BCUT2D eigenvalue weighted by Gasteiger charge is 2.28. The maximum absolute atomic E-state index is 13.0. The van der Waals surface area contributed by atoms with Gasteiger partial charge in [-0.3, -0.25) is 10.1 Å². The Bertz CT molecular complexity index is 1100. The summed E-state index contributed by atoms with van der Waals surface area (Å²) in [6.07, 6.45) is 3.00. The third-order valence-corrected chi connectivity index (χ3v) is 6.58. The highest BCUT2D eigenvalue weighted by Crippen LogP contribution is 2.29. The summed E-state index contributed by atoms with van der Waals surface area (Å²) < 4.78 is 28.7. The number of aromatic nitrogens is 3. The molecule has 0 aliphatic heterocycles. The molecule has 0 unspecified atom stereocenters. The van der Waals surface area contributed by atoms with Gasteiger partial charge in [0, 0.05) is 24.7 Å². The third kappa shape index (κ3) is 3.64. The first-order valence-corrected chi connectivity index (χ1v) is 9.84. The Labute approximate surface area is 162 Å². The molecule has 28 heavy (non-hydrogen) atoms. The van der Waals surface area contributed by atoms with Crippen LogP contribution in [0.5, 0.6) is 0 Å². The molecule has 0 aliphatic rings. The summed E-state index contributed by atoms with van der Waals surface area (Å²) >= 11 is 0. The van der Waals surface area contributed by atoms with E-state index < -0.39 is 21.0 Å². The van der Waals surface area contributed by atoms with Crippen LogP contribution in [0.2, 0.25) is 0 Å². The number of rotatable bonds is 6. The van der Waals surface area contributed by atoms with Gasteiger partial charge in [0.25, 0.3) is 5.69 Å². The second-order valence-electron chi connectivity index (χ2n) is 6.33. The van der Waals surface area contributed by atoms with Gasteiger partial charge in [0.2, 0.25) is 10.0 Å². The molecule has 0 bridgehead atoms. The van der Waals surface area contributed by atoms with Crippen molar-refractivity contribution in [1.82, 2.24) is 19.1 Å². The molecule has 0 N–H and O–H groups in total. The van der Waals surface area contributed by atoms with Crippen molar-refractivity contribution in [1.29, 1.82) is 0 Å². The zero-order valence-electron chi connectivity index (χ0n) is 15.6. The summed E-state index contributed by atoms with van der Waals surface area (Å²) in [7, 11) is -2.46. The van der Waals surface area contributed by atoms with Crippen molar-refractivity contribution in [2.75, 3.05) is 7.05 Å². The topological polar surface area (TPSA) is 111 Å². The van der Waals surface area contributed by atoms with Crippen molar-refractivity contribution in [3.8, 4) is 5.69 Å². The van der Waals surface area contributed by atoms with Crippen LogP contribution in [0.15, 0.2) is 60.0 Å². The first kappa shape index (κ1) is 19.6. The molecule has 0 amide bonds. The fraction of sp³-hybridized carbons (Fsp3) is 0.222. The molecular weight excluding hydrogens is 382 g/mol. The molecule has 10 heteroatoms. The van der Waals surface area contributed by atoms with Crippen LogP contribution in [0.3, 0.4) is 0 Å². The normalized spacial score (nSPS) is 12.9. The van der Waals surface area contributed by atoms with Crippen molar-refractivity contribution >= 4 is 15.7 Å². The van der Waals surface area contributed by atoms with E-state index in [0.717, 1.165) is 17.3 Å². The molecule has 0 radical (unpaired) electrons. The molecule has 1 atom stereocenters. The minimum Gasteiger partial charge on any atom is -0.258 e. The van der Waals surface area contributed by atoms with E-state index in [2.05, 4.69) is 10.1 Å². The monoisotopic (exact) mass is 401 g/mol. The van der Waals surface area contributed by atoms with Crippen molar-refractivity contribution < 1.29 is 13.3 Å². The number of hydrogen-bond acceptors (Lipinski definition) is 6. The Morgan fingerprint density at radius 1 is 1.18 bits per heavy atom. The average Bonchev–Trinajstić information content (AvgIpc) is 3.21. The van der Waals surface area contributed by atoms with E-state index in [1.807, 2.05) is 24.3 Å². The van der Waals surface area contributed by atoms with Crippen molar-refractivity contribution in [2.45, 2.75) is 24.8 Å². The second kappa shape index (κ2) is 7.49. The summed E-state index contributed by atoms with van der Waals surface area (Å²) in [5, 5.41) is 15.2. The quantitative estimate of drug-likeness (QED) is 0.464. The van der Waals surface area contributed by atoms with Gasteiger partial charge in [0.15, 0.2) is 0 Å². The minimum atomic E-state index is -3.91. The number of nitro groups is 1. The molecule has 0 saturated heterocycles. The van der Waals surface area contributed by atoms with E-state index in [9.17, 15) is 18.5 Å². The Balaban J connectivity index is 1.88. The molecule has 0 aliphatic carbocycles. The van der Waals surface area contributed by atoms with Crippen LogP contribution in [-0.2, 0) is 10.0 Å². The van der Waals surface area contributed by atoms with Crippen LogP contribution >= 0.6 is 0 Å². The maximum atomic E-state index is 13.0. The van der Waals surface area contributed by atoms with Gasteiger partial charge < -0.3 is 0 Å². The van der Waals surface area contributed by atoms with Gasteiger partial charge in [0.05, 0.1) is 15.5 Å². The lowest BCUT2D eigenvalue weighted by Gasteiger charge is -2.25. The largest absolute Gasteiger partial charge is 0.273 e. The first-order valence-electron chi connectivity index (χ1n) is 8.40. The van der Waals surface area contributed by atoms with Gasteiger partial charge in [-0.25, -0.2) is 18.1 Å². The van der Waals surface area contributed by atoms with E-state index in [-0.39, 0.29) is 10.6 Å². The number of nitro benzene ring substituents is 1. The zero-order chi connectivity index (χ0) is 20.5. The summed E-state index contributed by atoms with van der Waals surface area (Å²) in [5.74, 6) is 0. The summed E-state index contributed by atoms with van der Waals surface area (Å²) in [6.45, 7) is 3.32. The molecule has 0 spiro atoms. The molecule has 0 fully saturated rings. The predicted octanol–water partition coefficient (Wildman–Crippen LogP) is 2.87. The smallest absolute Gasteiger partial charge is 0.258 e. The Kier molecular flexibility index (Phi) is 5.25. The average molecular weight is 401 g/mol. The van der Waals surface area contributed by atoms with Crippen molar-refractivity contribution in [3.05, 3.63) is 76.4 Å². The standard InChI is InChI=1S/C18H19N5O4S/c1-13-4-9-17(10-18(13)23(24)25)28(26,27)21(3)14(2)15-5-7-16(8-6-15)22-12-19-11-20-22/h4-12,14H,1-3H3/t14-/m0/s1. The summed E-state index contributed by atoms with van der Waals surface area (Å²) in [5.41, 5.74) is 1.76. The summed E-state index contributed by atoms with van der Waals surface area (Å²) in [6, 6.07) is 10.7. The predicted molar refractivity (Wildman–Crippen MR) is 103 cm³/mol. The van der Waals surface area contributed by atoms with Gasteiger partial charge in [-0.1, -0.05) is 18.2 Å². The van der Waals surface area contributed by atoms with E-state index in [1.165, 1.54) is 29.8 Å². The number of benzene rings is 2. The minimum absolute atomic E-state index is 0.113. The fourth-order valence-corrected chi connectivity index (χ4v) is 4.15. The Morgan fingerprint density at radius 3 is 2.43 bits per heavy atom. The lowest BCUT2D eigenvalue weighted by atomic mass is 10.1. The van der Waals surface area contributed by atoms with Gasteiger partial charge in [-0.15, -0.1) is 0 Å². The lowest BCUT2D eigenvalue weighted by Crippen LogP contribution is -2.30. The van der Waals surface area contributed by atoms with Gasteiger partial charge in [-0.2, -0.15) is 9.40 Å². The molecule has 9 nitrogen and oxygen atoms in total. The molecule has 1 aromatic heterocycles. The molecule has 3 rings (SSSR count). The maximum Gasteiger partial charge on any atom is 0.273 e. The van der Waals surface area contributed by atoms with Crippen LogP contribution in [-0.4, -0.2) is 39.5 Å². The highest BCUT2D eigenvalue weighted by atomic mass is 32.2. The Morgan fingerprint density at radius 2 is 1.86 bits per heavy atom. The second-order valence-corrected chi connectivity index (χ2v) is 8.33. The molecular formula is C18H19N5O4S. The number of sulfonamides is 1. The van der Waals surface area contributed by atoms with E-state index in [4.69, 9.17) is 0 Å². The van der Waals surface area contributed by atoms with E-state index in [0.29, 0.717) is 5.56 Å². The Hall–Kier alpha value is -3.11. The number of aryl methyl sites for hydroxylation is 1. The van der Waals surface area contributed by atoms with E-state index in [1.54, 1.807) is 24.9 Å². The molecule has 3 aromatic rings. The van der Waals surface area contributed by atoms with Gasteiger partial charge >= 0.3 is 0 Å². The third-order valence-electron chi connectivity index (χ3n) is 4.66. The van der Waals surface area contributed by atoms with Crippen LogP contribution in [0.25, 0.3) is 5.69 Å². The number of nitrogens with zero attached hydrogens (tertiary/aromatic N) is 5. The molecule has 0 saturated carbocycles.